The van der Waals surface area contributed by atoms with Crippen molar-refractivity contribution >= 4 is 5.97 Å². The first-order chi connectivity index (χ1) is 14.5. The molecule has 0 saturated carbocycles. The van der Waals surface area contributed by atoms with Gasteiger partial charge in [-0.2, -0.15) is 0 Å². The van der Waals surface area contributed by atoms with Gasteiger partial charge >= 0.3 is 5.97 Å². The molecule has 0 amide bonds. The van der Waals surface area contributed by atoms with E-state index >= 15 is 0 Å². The Labute approximate surface area is 183 Å². The molecule has 0 N–H and O–H groups in total. The average molecular weight is 419 g/mol. The van der Waals surface area contributed by atoms with E-state index in [2.05, 4.69) is 6.92 Å². The summed E-state index contributed by atoms with van der Waals surface area (Å²) in [4.78, 5) is 12.3. The highest BCUT2D eigenvalue weighted by molar-refractivity contribution is 5.96. The average Bonchev–Trinajstić information content (AvgIpc) is 2.69. The van der Waals surface area contributed by atoms with E-state index in [9.17, 15) is 4.79 Å². The molecule has 0 aliphatic carbocycles. The Morgan fingerprint density at radius 2 is 1.30 bits per heavy atom. The molecule has 30 heavy (non-hydrogen) atoms. The van der Waals surface area contributed by atoms with Crippen molar-refractivity contribution in [3.05, 3.63) is 23.8 Å². The smallest absolute Gasteiger partial charge is 0.349 e. The summed E-state index contributed by atoms with van der Waals surface area (Å²) < 4.78 is 16.9. The second kappa shape index (κ2) is 13.6. The Bertz CT molecular complexity index is 623. The van der Waals surface area contributed by atoms with Crippen LogP contribution in [0.2, 0.25) is 0 Å². The largest absolute Gasteiger partial charge is 0.493 e. The minimum atomic E-state index is -0.933. The molecule has 0 spiro atoms. The maximum absolute atomic E-state index is 12.3. The van der Waals surface area contributed by atoms with Crippen LogP contribution in [0.1, 0.15) is 121 Å². The molecule has 2 rings (SSSR count). The Kier molecular flexibility index (Phi) is 11.1. The van der Waals surface area contributed by atoms with Crippen LogP contribution in [0.5, 0.6) is 11.5 Å². The van der Waals surface area contributed by atoms with E-state index in [1.54, 1.807) is 19.9 Å². The van der Waals surface area contributed by atoms with E-state index in [-0.39, 0.29) is 5.97 Å². The molecular weight excluding hydrogens is 376 g/mol. The molecule has 0 atom stereocenters. The Morgan fingerprint density at radius 3 is 1.87 bits per heavy atom. The molecule has 1 aromatic carbocycles. The third-order valence-electron chi connectivity index (χ3n) is 5.64. The van der Waals surface area contributed by atoms with Gasteiger partial charge < -0.3 is 14.2 Å². The number of ether oxygens (including phenoxy) is 3. The first-order valence-corrected chi connectivity index (χ1v) is 12.2. The highest BCUT2D eigenvalue weighted by atomic mass is 16.7. The van der Waals surface area contributed by atoms with Crippen molar-refractivity contribution in [2.75, 3.05) is 6.61 Å². The van der Waals surface area contributed by atoms with Crippen LogP contribution in [0, 0.1) is 0 Å². The summed E-state index contributed by atoms with van der Waals surface area (Å²) in [5, 5.41) is 0. The summed E-state index contributed by atoms with van der Waals surface area (Å²) in [6, 6.07) is 5.45. The highest BCUT2D eigenvalue weighted by Crippen LogP contribution is 2.36. The molecular formula is C26H42O4. The Hall–Kier alpha value is -1.71. The zero-order chi connectivity index (χ0) is 21.7. The van der Waals surface area contributed by atoms with Gasteiger partial charge in [0, 0.05) is 13.8 Å². The molecule has 1 heterocycles. The third-order valence-corrected chi connectivity index (χ3v) is 5.64. The molecule has 0 saturated heterocycles. The maximum atomic E-state index is 12.3. The van der Waals surface area contributed by atoms with Gasteiger partial charge in [-0.25, -0.2) is 4.79 Å². The van der Waals surface area contributed by atoms with Gasteiger partial charge in [0.2, 0.25) is 5.79 Å². The zero-order valence-corrected chi connectivity index (χ0v) is 19.5. The van der Waals surface area contributed by atoms with Crippen LogP contribution in [-0.2, 0) is 4.74 Å². The van der Waals surface area contributed by atoms with Crippen molar-refractivity contribution < 1.29 is 19.0 Å². The van der Waals surface area contributed by atoms with Gasteiger partial charge in [-0.05, 0) is 18.6 Å². The first kappa shape index (κ1) is 24.6. The lowest BCUT2D eigenvalue weighted by molar-refractivity contribution is -0.127. The lowest BCUT2D eigenvalue weighted by Gasteiger charge is -2.32. The first-order valence-electron chi connectivity index (χ1n) is 12.2. The van der Waals surface area contributed by atoms with Crippen molar-refractivity contribution in [3.8, 4) is 11.5 Å². The molecule has 0 fully saturated rings. The SMILES string of the molecule is CCCCCCCCCCCCCCCCOc1cccc2c1C(=O)OC(C)(C)O2. The van der Waals surface area contributed by atoms with Crippen LogP contribution in [0.3, 0.4) is 0 Å². The van der Waals surface area contributed by atoms with E-state index in [1.807, 2.05) is 12.1 Å². The number of cyclic esters (lactones) is 1. The molecule has 4 nitrogen and oxygen atoms in total. The number of benzene rings is 1. The fourth-order valence-corrected chi connectivity index (χ4v) is 3.96. The van der Waals surface area contributed by atoms with E-state index in [4.69, 9.17) is 14.2 Å². The van der Waals surface area contributed by atoms with Crippen molar-refractivity contribution in [3.63, 3.8) is 0 Å². The summed E-state index contributed by atoms with van der Waals surface area (Å²) in [6.45, 7) is 6.35. The standard InChI is InChI=1S/C26H42O4/c1-4-5-6-7-8-9-10-11-12-13-14-15-16-17-21-28-22-19-18-20-23-24(22)25(27)30-26(2,3)29-23/h18-20H,4-17,21H2,1-3H3. The Balaban J connectivity index is 1.49. The van der Waals surface area contributed by atoms with Crippen LogP contribution in [0.15, 0.2) is 18.2 Å². The van der Waals surface area contributed by atoms with Crippen LogP contribution >= 0.6 is 0 Å². The van der Waals surface area contributed by atoms with Gasteiger partial charge in [-0.15, -0.1) is 0 Å². The van der Waals surface area contributed by atoms with Gasteiger partial charge in [-0.3, -0.25) is 0 Å². The number of carbonyl (C=O) groups excluding carboxylic acids is 1. The van der Waals surface area contributed by atoms with E-state index < -0.39 is 5.79 Å². The van der Waals surface area contributed by atoms with E-state index in [0.717, 1.165) is 6.42 Å². The van der Waals surface area contributed by atoms with Crippen molar-refractivity contribution in [2.24, 2.45) is 0 Å². The predicted molar refractivity (Wildman–Crippen MR) is 122 cm³/mol. The molecule has 0 aromatic heterocycles. The molecule has 4 heteroatoms. The van der Waals surface area contributed by atoms with Crippen molar-refractivity contribution in [1.82, 2.24) is 0 Å². The second-order valence-electron chi connectivity index (χ2n) is 8.97. The van der Waals surface area contributed by atoms with Crippen LogP contribution in [0.4, 0.5) is 0 Å². The minimum Gasteiger partial charge on any atom is -0.493 e. The molecule has 0 unspecified atom stereocenters. The summed E-state index contributed by atoms with van der Waals surface area (Å²) in [5.74, 6) is -0.215. The van der Waals surface area contributed by atoms with E-state index in [1.165, 1.54) is 83.5 Å². The van der Waals surface area contributed by atoms with Gasteiger partial charge in [0.25, 0.3) is 0 Å². The predicted octanol–water partition coefficient (Wildman–Crippen LogP) is 7.83. The van der Waals surface area contributed by atoms with Crippen molar-refractivity contribution in [1.29, 1.82) is 0 Å². The second-order valence-corrected chi connectivity index (χ2v) is 8.97. The summed E-state index contributed by atoms with van der Waals surface area (Å²) in [7, 11) is 0. The van der Waals surface area contributed by atoms with Crippen LogP contribution in [0.25, 0.3) is 0 Å². The lowest BCUT2D eigenvalue weighted by Crippen LogP contribution is -2.39. The number of hydrogen-bond acceptors (Lipinski definition) is 4. The lowest BCUT2D eigenvalue weighted by atomic mass is 10.0. The normalized spacial score (nSPS) is 14.7. The molecule has 1 aliphatic heterocycles. The molecule has 170 valence electrons. The Morgan fingerprint density at radius 1 is 0.767 bits per heavy atom. The number of unbranched alkanes of at least 4 members (excludes halogenated alkanes) is 13. The van der Waals surface area contributed by atoms with Gasteiger partial charge in [0.05, 0.1) is 6.61 Å². The number of carbonyl (C=O) groups is 1. The molecule has 1 aliphatic rings. The van der Waals surface area contributed by atoms with Crippen LogP contribution < -0.4 is 9.47 Å². The van der Waals surface area contributed by atoms with Gasteiger partial charge in [0.1, 0.15) is 17.1 Å². The quantitative estimate of drug-likeness (QED) is 0.203. The number of rotatable bonds is 16. The van der Waals surface area contributed by atoms with Gasteiger partial charge in [-0.1, -0.05) is 96.5 Å². The fourth-order valence-electron chi connectivity index (χ4n) is 3.96. The highest BCUT2D eigenvalue weighted by Gasteiger charge is 2.35. The summed E-state index contributed by atoms with van der Waals surface area (Å²) in [6.07, 6.45) is 18.7. The monoisotopic (exact) mass is 418 g/mol. The number of fused-ring (bicyclic) bond motifs is 1. The van der Waals surface area contributed by atoms with E-state index in [0.29, 0.717) is 23.7 Å². The maximum Gasteiger partial charge on any atom is 0.349 e. The van der Waals surface area contributed by atoms with Crippen LogP contribution in [-0.4, -0.2) is 18.4 Å². The fraction of sp³-hybridized carbons (Fsp3) is 0.731. The minimum absolute atomic E-state index is 0.377. The zero-order valence-electron chi connectivity index (χ0n) is 19.5. The molecule has 1 aromatic rings. The van der Waals surface area contributed by atoms with Gasteiger partial charge in [0.15, 0.2) is 0 Å². The topological polar surface area (TPSA) is 44.8 Å². The molecule has 0 radical (unpaired) electrons. The third kappa shape index (κ3) is 8.97. The number of esters is 1. The number of hydrogen-bond donors (Lipinski definition) is 0. The summed E-state index contributed by atoms with van der Waals surface area (Å²) >= 11 is 0. The van der Waals surface area contributed by atoms with Crippen molar-refractivity contribution in [2.45, 2.75) is 116 Å². The summed E-state index contributed by atoms with van der Waals surface area (Å²) in [5.41, 5.74) is 0.405. The molecule has 0 bridgehead atoms.